The third kappa shape index (κ3) is 3.15. The van der Waals surface area contributed by atoms with Gasteiger partial charge in [-0.1, -0.05) is 0 Å². The first-order valence-electron chi connectivity index (χ1n) is 6.19. The van der Waals surface area contributed by atoms with E-state index in [0.717, 1.165) is 6.26 Å². The summed E-state index contributed by atoms with van der Waals surface area (Å²) in [6.07, 6.45) is 0.945. The molecule has 1 aromatic carbocycles. The van der Waals surface area contributed by atoms with Gasteiger partial charge in [0.1, 0.15) is 13.2 Å². The van der Waals surface area contributed by atoms with Crippen molar-refractivity contribution in [1.82, 2.24) is 0 Å². The van der Waals surface area contributed by atoms with Gasteiger partial charge in [0.15, 0.2) is 21.3 Å². The molecule has 21 heavy (non-hydrogen) atoms. The third-order valence-electron chi connectivity index (χ3n) is 2.75. The molecule has 1 aliphatic heterocycles. The molecule has 0 unspecified atom stereocenters. The van der Waals surface area contributed by atoms with E-state index in [-0.39, 0.29) is 41.8 Å². The Morgan fingerprint density at radius 3 is 2.29 bits per heavy atom. The van der Waals surface area contributed by atoms with Crippen molar-refractivity contribution in [2.24, 2.45) is 0 Å². The minimum Gasteiger partial charge on any atom is -0.486 e. The van der Waals surface area contributed by atoms with Crippen LogP contribution in [-0.4, -0.2) is 46.2 Å². The molecule has 2 rings (SSSR count). The third-order valence-corrected chi connectivity index (χ3v) is 3.89. The molecule has 0 radical (unpaired) electrons. The molecule has 0 aromatic heterocycles. The Labute approximate surface area is 121 Å². The molecule has 1 aromatic rings. The van der Waals surface area contributed by atoms with Crippen molar-refractivity contribution in [2.45, 2.75) is 11.8 Å². The van der Waals surface area contributed by atoms with Gasteiger partial charge in [-0.2, -0.15) is 0 Å². The lowest BCUT2D eigenvalue weighted by molar-refractivity contribution is -0.137. The maximum atomic E-state index is 12.1. The highest BCUT2D eigenvalue weighted by Crippen LogP contribution is 2.35. The highest BCUT2D eigenvalue weighted by molar-refractivity contribution is 7.90. The van der Waals surface area contributed by atoms with E-state index < -0.39 is 21.6 Å². The van der Waals surface area contributed by atoms with Crippen LogP contribution in [0.1, 0.15) is 17.3 Å². The van der Waals surface area contributed by atoms with Crippen LogP contribution >= 0.6 is 0 Å². The summed E-state index contributed by atoms with van der Waals surface area (Å²) in [5.74, 6) is -1.70. The summed E-state index contributed by atoms with van der Waals surface area (Å²) in [6, 6.07) is 2.39. The number of Topliss-reactive ketones (excluding diaryl/α,β-unsaturated/α-hetero) is 1. The van der Waals surface area contributed by atoms with Crippen LogP contribution < -0.4 is 9.47 Å². The first-order valence-corrected chi connectivity index (χ1v) is 8.09. The predicted molar refractivity (Wildman–Crippen MR) is 71.5 cm³/mol. The van der Waals surface area contributed by atoms with Crippen LogP contribution in [0.25, 0.3) is 0 Å². The fourth-order valence-electron chi connectivity index (χ4n) is 1.86. The van der Waals surface area contributed by atoms with Gasteiger partial charge in [0.05, 0.1) is 17.1 Å². The smallest absolute Gasteiger partial charge is 0.379 e. The zero-order valence-corrected chi connectivity index (χ0v) is 12.4. The van der Waals surface area contributed by atoms with Gasteiger partial charge in [-0.25, -0.2) is 13.2 Å². The van der Waals surface area contributed by atoms with E-state index in [0.29, 0.717) is 0 Å². The standard InChI is InChI=1S/C13H14O7S/c1-3-18-13(15)12(14)8-6-9-10(20-5-4-19-9)7-11(8)21(2,16)17/h6-7H,3-5H2,1-2H3. The quantitative estimate of drug-likeness (QED) is 0.456. The van der Waals surface area contributed by atoms with E-state index in [4.69, 9.17) is 9.47 Å². The number of hydrogen-bond donors (Lipinski definition) is 0. The van der Waals surface area contributed by atoms with Crippen molar-refractivity contribution in [1.29, 1.82) is 0 Å². The largest absolute Gasteiger partial charge is 0.486 e. The molecule has 0 saturated carbocycles. The number of benzene rings is 1. The molecule has 1 aliphatic rings. The molecule has 7 nitrogen and oxygen atoms in total. The second-order valence-corrected chi connectivity index (χ2v) is 6.30. The van der Waals surface area contributed by atoms with Crippen molar-refractivity contribution in [3.05, 3.63) is 17.7 Å². The lowest BCUT2D eigenvalue weighted by Crippen LogP contribution is -2.22. The van der Waals surface area contributed by atoms with Crippen LogP contribution in [0.15, 0.2) is 17.0 Å². The van der Waals surface area contributed by atoms with Gasteiger partial charge in [-0.3, -0.25) is 4.79 Å². The van der Waals surface area contributed by atoms with Crippen LogP contribution in [0.4, 0.5) is 0 Å². The summed E-state index contributed by atoms with van der Waals surface area (Å²) in [6.45, 7) is 2.12. The zero-order valence-electron chi connectivity index (χ0n) is 11.5. The summed E-state index contributed by atoms with van der Waals surface area (Å²) in [5.41, 5.74) is -0.278. The molecule has 0 N–H and O–H groups in total. The minimum absolute atomic E-state index is 0.0172. The number of esters is 1. The van der Waals surface area contributed by atoms with Crippen LogP contribution in [0, 0.1) is 0 Å². The lowest BCUT2D eigenvalue weighted by Gasteiger charge is -2.20. The Morgan fingerprint density at radius 2 is 1.76 bits per heavy atom. The van der Waals surface area contributed by atoms with Crippen molar-refractivity contribution >= 4 is 21.6 Å². The van der Waals surface area contributed by atoms with Crippen LogP contribution in [0.2, 0.25) is 0 Å². The molecular formula is C13H14O7S. The molecule has 0 atom stereocenters. The molecule has 0 bridgehead atoms. The lowest BCUT2D eigenvalue weighted by atomic mass is 10.1. The summed E-state index contributed by atoms with van der Waals surface area (Å²) in [4.78, 5) is 23.3. The highest BCUT2D eigenvalue weighted by Gasteiger charge is 2.28. The summed E-state index contributed by atoms with van der Waals surface area (Å²) in [5, 5.41) is 0. The first-order chi connectivity index (χ1) is 9.84. The predicted octanol–water partition coefficient (Wildman–Crippen LogP) is 0.607. The molecule has 0 aliphatic carbocycles. The molecule has 0 spiro atoms. The second kappa shape index (κ2) is 5.72. The number of fused-ring (bicyclic) bond motifs is 1. The van der Waals surface area contributed by atoms with Gasteiger partial charge in [0, 0.05) is 12.3 Å². The van der Waals surface area contributed by atoms with Gasteiger partial charge < -0.3 is 14.2 Å². The zero-order chi connectivity index (χ0) is 15.6. The van der Waals surface area contributed by atoms with Gasteiger partial charge in [-0.05, 0) is 13.0 Å². The van der Waals surface area contributed by atoms with Crippen molar-refractivity contribution < 1.29 is 32.2 Å². The number of ether oxygens (including phenoxy) is 3. The number of hydrogen-bond acceptors (Lipinski definition) is 7. The van der Waals surface area contributed by atoms with Gasteiger partial charge in [0.2, 0.25) is 0 Å². The molecule has 0 amide bonds. The van der Waals surface area contributed by atoms with E-state index in [9.17, 15) is 18.0 Å². The normalized spacial score (nSPS) is 13.6. The number of sulfone groups is 1. The average Bonchev–Trinajstić information content (AvgIpc) is 2.44. The Hall–Kier alpha value is -2.09. The van der Waals surface area contributed by atoms with E-state index >= 15 is 0 Å². The summed E-state index contributed by atoms with van der Waals surface area (Å²) < 4.78 is 38.8. The van der Waals surface area contributed by atoms with Crippen LogP contribution in [0.3, 0.4) is 0 Å². The Kier molecular flexibility index (Phi) is 4.17. The number of ketones is 1. The van der Waals surface area contributed by atoms with Crippen molar-refractivity contribution in [3.63, 3.8) is 0 Å². The van der Waals surface area contributed by atoms with E-state index in [2.05, 4.69) is 4.74 Å². The molecule has 0 fully saturated rings. The first kappa shape index (κ1) is 15.3. The number of rotatable bonds is 4. The molecule has 0 saturated heterocycles. The second-order valence-electron chi connectivity index (χ2n) is 4.31. The number of carbonyl (C=O) groups excluding carboxylic acids is 2. The summed E-state index contributed by atoms with van der Waals surface area (Å²) >= 11 is 0. The monoisotopic (exact) mass is 314 g/mol. The van der Waals surface area contributed by atoms with E-state index in [1.807, 2.05) is 0 Å². The van der Waals surface area contributed by atoms with Gasteiger partial charge >= 0.3 is 5.97 Å². The average molecular weight is 314 g/mol. The van der Waals surface area contributed by atoms with Crippen molar-refractivity contribution in [2.75, 3.05) is 26.1 Å². The minimum atomic E-state index is -3.72. The van der Waals surface area contributed by atoms with Crippen molar-refractivity contribution in [3.8, 4) is 11.5 Å². The maximum Gasteiger partial charge on any atom is 0.379 e. The molecule has 8 heteroatoms. The molecule has 114 valence electrons. The van der Waals surface area contributed by atoms with Crippen LogP contribution in [-0.2, 0) is 19.4 Å². The summed E-state index contributed by atoms with van der Waals surface area (Å²) in [7, 11) is -3.72. The fraction of sp³-hybridized carbons (Fsp3) is 0.385. The Balaban J connectivity index is 2.57. The Morgan fingerprint density at radius 1 is 1.19 bits per heavy atom. The Bertz CT molecular complexity index is 691. The maximum absolute atomic E-state index is 12.1. The SMILES string of the molecule is CCOC(=O)C(=O)c1cc2c(cc1S(C)(=O)=O)OCCO2. The van der Waals surface area contributed by atoms with E-state index in [1.165, 1.54) is 12.1 Å². The highest BCUT2D eigenvalue weighted by atomic mass is 32.2. The number of carbonyl (C=O) groups is 2. The fourth-order valence-corrected chi connectivity index (χ4v) is 2.73. The molecular weight excluding hydrogens is 300 g/mol. The van der Waals surface area contributed by atoms with E-state index in [1.54, 1.807) is 6.92 Å². The van der Waals surface area contributed by atoms with Gasteiger partial charge in [-0.15, -0.1) is 0 Å². The topological polar surface area (TPSA) is 96.0 Å². The van der Waals surface area contributed by atoms with Crippen LogP contribution in [0.5, 0.6) is 11.5 Å². The van der Waals surface area contributed by atoms with Gasteiger partial charge in [0.25, 0.3) is 5.78 Å². The molecule has 1 heterocycles.